The third-order valence-electron chi connectivity index (χ3n) is 3.37. The Morgan fingerprint density at radius 3 is 2.78 bits per heavy atom. The number of carbonyl (C=O) groups excluding carboxylic acids is 2. The smallest absolute Gasteiger partial charge is 0.254 e. The Labute approximate surface area is 106 Å². The van der Waals surface area contributed by atoms with E-state index < -0.39 is 0 Å². The fourth-order valence-electron chi connectivity index (χ4n) is 2.17. The highest BCUT2D eigenvalue weighted by atomic mass is 16.2. The monoisotopic (exact) mass is 250 g/mol. The molecule has 1 saturated heterocycles. The first-order chi connectivity index (χ1) is 8.66. The van der Waals surface area contributed by atoms with Gasteiger partial charge in [-0.2, -0.15) is 5.10 Å². The van der Waals surface area contributed by atoms with E-state index in [0.29, 0.717) is 18.0 Å². The molecule has 2 amide bonds. The molecule has 0 atom stereocenters. The van der Waals surface area contributed by atoms with Gasteiger partial charge in [0.25, 0.3) is 5.91 Å². The molecule has 0 radical (unpaired) electrons. The molecular weight excluding hydrogens is 232 g/mol. The Morgan fingerprint density at radius 2 is 2.22 bits per heavy atom. The Kier molecular flexibility index (Phi) is 3.96. The molecule has 18 heavy (non-hydrogen) atoms. The average Bonchev–Trinajstić information content (AvgIpc) is 2.90. The molecule has 1 aromatic rings. The minimum atomic E-state index is -0.0993. The van der Waals surface area contributed by atoms with Crippen LogP contribution in [0, 0.1) is 5.92 Å². The summed E-state index contributed by atoms with van der Waals surface area (Å²) in [6.07, 6.45) is 4.98. The molecule has 98 valence electrons. The first-order valence-electron chi connectivity index (χ1n) is 6.19. The van der Waals surface area contributed by atoms with Crippen LogP contribution in [0.4, 0.5) is 0 Å². The van der Waals surface area contributed by atoms with E-state index in [0.717, 1.165) is 25.9 Å². The molecule has 0 saturated carbocycles. The third kappa shape index (κ3) is 3.09. The van der Waals surface area contributed by atoms with Crippen LogP contribution < -0.4 is 5.32 Å². The van der Waals surface area contributed by atoms with Crippen molar-refractivity contribution in [1.82, 2.24) is 20.4 Å². The summed E-state index contributed by atoms with van der Waals surface area (Å²) in [4.78, 5) is 24.7. The summed E-state index contributed by atoms with van der Waals surface area (Å²) in [5, 5.41) is 9.25. The lowest BCUT2D eigenvalue weighted by molar-refractivity contribution is -0.130. The van der Waals surface area contributed by atoms with Gasteiger partial charge in [0.1, 0.15) is 0 Å². The van der Waals surface area contributed by atoms with Gasteiger partial charge in [0.2, 0.25) is 5.91 Å². The second-order valence-electron chi connectivity index (χ2n) is 4.65. The van der Waals surface area contributed by atoms with E-state index in [1.165, 1.54) is 6.20 Å². The molecule has 1 aliphatic rings. The fraction of sp³-hybridized carbons (Fsp3) is 0.583. The lowest BCUT2D eigenvalue weighted by atomic mass is 9.96. The fourth-order valence-corrected chi connectivity index (χ4v) is 2.17. The number of rotatable bonds is 3. The van der Waals surface area contributed by atoms with Crippen LogP contribution in [0.5, 0.6) is 0 Å². The molecular formula is C12H18N4O2. The molecule has 1 aromatic heterocycles. The Bertz CT molecular complexity index is 408. The van der Waals surface area contributed by atoms with E-state index in [9.17, 15) is 9.59 Å². The molecule has 0 spiro atoms. The quantitative estimate of drug-likeness (QED) is 0.815. The van der Waals surface area contributed by atoms with Crippen LogP contribution >= 0.6 is 0 Å². The van der Waals surface area contributed by atoms with Gasteiger partial charge in [0.05, 0.1) is 11.8 Å². The van der Waals surface area contributed by atoms with Crippen molar-refractivity contribution < 1.29 is 9.59 Å². The summed E-state index contributed by atoms with van der Waals surface area (Å²) < 4.78 is 0. The van der Waals surface area contributed by atoms with Crippen LogP contribution in [0.25, 0.3) is 0 Å². The molecule has 0 unspecified atom stereocenters. The van der Waals surface area contributed by atoms with Gasteiger partial charge in [0.15, 0.2) is 0 Å². The van der Waals surface area contributed by atoms with Crippen LogP contribution in [0.3, 0.4) is 0 Å². The number of hydrogen-bond donors (Lipinski definition) is 2. The number of hydrogen-bond acceptors (Lipinski definition) is 3. The van der Waals surface area contributed by atoms with E-state index >= 15 is 0 Å². The number of amides is 2. The summed E-state index contributed by atoms with van der Waals surface area (Å²) in [5.41, 5.74) is 0.552. The van der Waals surface area contributed by atoms with Gasteiger partial charge in [0, 0.05) is 32.8 Å². The number of aromatic nitrogens is 2. The van der Waals surface area contributed by atoms with Gasteiger partial charge in [-0.3, -0.25) is 14.7 Å². The van der Waals surface area contributed by atoms with Crippen molar-refractivity contribution in [3.8, 4) is 0 Å². The summed E-state index contributed by atoms with van der Waals surface area (Å²) in [5.74, 6) is 0.491. The largest absolute Gasteiger partial charge is 0.352 e. The van der Waals surface area contributed by atoms with E-state index in [-0.39, 0.29) is 11.8 Å². The lowest BCUT2D eigenvalue weighted by Crippen LogP contribution is -2.40. The highest BCUT2D eigenvalue weighted by molar-refractivity contribution is 5.93. The lowest BCUT2D eigenvalue weighted by Gasteiger charge is -2.31. The summed E-state index contributed by atoms with van der Waals surface area (Å²) in [7, 11) is 0. The SMILES string of the molecule is CC(=O)N1CCC(CNC(=O)c2cn[nH]c2)CC1. The number of aromatic amines is 1. The van der Waals surface area contributed by atoms with Crippen molar-refractivity contribution in [3.63, 3.8) is 0 Å². The standard InChI is InChI=1S/C12H18N4O2/c1-9(17)16-4-2-10(3-5-16)6-13-12(18)11-7-14-15-8-11/h7-8,10H,2-6H2,1H3,(H,13,18)(H,14,15). The first kappa shape index (κ1) is 12.6. The van der Waals surface area contributed by atoms with Crippen LogP contribution in [0.2, 0.25) is 0 Å². The van der Waals surface area contributed by atoms with Gasteiger partial charge in [-0.25, -0.2) is 0 Å². The Balaban J connectivity index is 1.72. The predicted molar refractivity (Wildman–Crippen MR) is 65.9 cm³/mol. The van der Waals surface area contributed by atoms with Crippen LogP contribution in [0.1, 0.15) is 30.1 Å². The Hall–Kier alpha value is -1.85. The number of nitrogens with zero attached hydrogens (tertiary/aromatic N) is 2. The second kappa shape index (κ2) is 5.66. The zero-order valence-electron chi connectivity index (χ0n) is 10.5. The van der Waals surface area contributed by atoms with Gasteiger partial charge in [-0.05, 0) is 18.8 Å². The van der Waals surface area contributed by atoms with Crippen molar-refractivity contribution in [2.24, 2.45) is 5.92 Å². The van der Waals surface area contributed by atoms with Gasteiger partial charge in [-0.1, -0.05) is 0 Å². The highest BCUT2D eigenvalue weighted by Gasteiger charge is 2.21. The Morgan fingerprint density at radius 1 is 1.50 bits per heavy atom. The zero-order valence-corrected chi connectivity index (χ0v) is 10.5. The predicted octanol–water partition coefficient (Wildman–Crippen LogP) is 0.398. The molecule has 0 aliphatic carbocycles. The van der Waals surface area contributed by atoms with Crippen molar-refractivity contribution >= 4 is 11.8 Å². The topological polar surface area (TPSA) is 78.1 Å². The van der Waals surface area contributed by atoms with Gasteiger partial charge in [-0.15, -0.1) is 0 Å². The van der Waals surface area contributed by atoms with Crippen molar-refractivity contribution in [3.05, 3.63) is 18.0 Å². The molecule has 2 heterocycles. The molecule has 0 bridgehead atoms. The second-order valence-corrected chi connectivity index (χ2v) is 4.65. The van der Waals surface area contributed by atoms with Crippen LogP contribution in [-0.2, 0) is 4.79 Å². The molecule has 0 aromatic carbocycles. The zero-order chi connectivity index (χ0) is 13.0. The van der Waals surface area contributed by atoms with Crippen molar-refractivity contribution in [2.75, 3.05) is 19.6 Å². The molecule has 2 N–H and O–H groups in total. The van der Waals surface area contributed by atoms with E-state index in [2.05, 4.69) is 15.5 Å². The summed E-state index contributed by atoms with van der Waals surface area (Å²) >= 11 is 0. The van der Waals surface area contributed by atoms with E-state index in [1.54, 1.807) is 13.1 Å². The maximum atomic E-state index is 11.7. The maximum absolute atomic E-state index is 11.7. The summed E-state index contributed by atoms with van der Waals surface area (Å²) in [6.45, 7) is 3.85. The first-order valence-corrected chi connectivity index (χ1v) is 6.19. The number of nitrogens with one attached hydrogen (secondary N) is 2. The normalized spacial score (nSPS) is 16.6. The highest BCUT2D eigenvalue weighted by Crippen LogP contribution is 2.16. The van der Waals surface area contributed by atoms with Crippen LogP contribution in [0.15, 0.2) is 12.4 Å². The van der Waals surface area contributed by atoms with Crippen molar-refractivity contribution in [1.29, 1.82) is 0 Å². The summed E-state index contributed by atoms with van der Waals surface area (Å²) in [6, 6.07) is 0. The molecule has 6 heteroatoms. The van der Waals surface area contributed by atoms with Gasteiger partial charge < -0.3 is 10.2 Å². The molecule has 1 fully saturated rings. The number of piperidine rings is 1. The maximum Gasteiger partial charge on any atom is 0.254 e. The van der Waals surface area contributed by atoms with Gasteiger partial charge >= 0.3 is 0 Å². The molecule has 6 nitrogen and oxygen atoms in total. The molecule has 2 rings (SSSR count). The van der Waals surface area contributed by atoms with Crippen LogP contribution in [-0.4, -0.2) is 46.5 Å². The minimum Gasteiger partial charge on any atom is -0.352 e. The van der Waals surface area contributed by atoms with E-state index in [4.69, 9.17) is 0 Å². The minimum absolute atomic E-state index is 0.0993. The van der Waals surface area contributed by atoms with E-state index in [1.807, 2.05) is 4.90 Å². The van der Waals surface area contributed by atoms with Crippen molar-refractivity contribution in [2.45, 2.75) is 19.8 Å². The average molecular weight is 250 g/mol. The molecule has 1 aliphatic heterocycles. The number of carbonyl (C=O) groups is 2. The number of likely N-dealkylation sites (tertiary alicyclic amines) is 1. The third-order valence-corrected chi connectivity index (χ3v) is 3.37. The number of H-pyrrole nitrogens is 1.